The van der Waals surface area contributed by atoms with Crippen molar-refractivity contribution in [3.8, 4) is 0 Å². The Bertz CT molecular complexity index is 844. The predicted molar refractivity (Wildman–Crippen MR) is 98.3 cm³/mol. The van der Waals surface area contributed by atoms with Gasteiger partial charge in [0, 0.05) is 18.8 Å². The average molecular weight is 372 g/mol. The molecule has 2 aromatic carbocycles. The van der Waals surface area contributed by atoms with E-state index in [0.29, 0.717) is 25.3 Å². The SMILES string of the molecule is O=C1COC2(CCCN(Cc3cccc(F)c3)C2)CN1c1cccc(F)c1. The summed E-state index contributed by atoms with van der Waals surface area (Å²) < 4.78 is 33.1. The highest BCUT2D eigenvalue weighted by molar-refractivity contribution is 5.95. The maximum Gasteiger partial charge on any atom is 0.253 e. The van der Waals surface area contributed by atoms with Gasteiger partial charge >= 0.3 is 0 Å². The van der Waals surface area contributed by atoms with Crippen molar-refractivity contribution in [2.75, 3.05) is 31.1 Å². The Labute approximate surface area is 157 Å². The molecule has 2 aromatic rings. The van der Waals surface area contributed by atoms with Gasteiger partial charge in [-0.2, -0.15) is 0 Å². The summed E-state index contributed by atoms with van der Waals surface area (Å²) in [5.41, 5.74) is 0.997. The molecule has 1 amide bonds. The minimum atomic E-state index is -0.480. The van der Waals surface area contributed by atoms with Gasteiger partial charge in [-0.3, -0.25) is 9.69 Å². The lowest BCUT2D eigenvalue weighted by molar-refractivity contribution is -0.146. The second kappa shape index (κ2) is 7.37. The number of benzene rings is 2. The average Bonchev–Trinajstić information content (AvgIpc) is 2.64. The van der Waals surface area contributed by atoms with E-state index in [4.69, 9.17) is 4.74 Å². The van der Waals surface area contributed by atoms with Crippen LogP contribution in [0, 0.1) is 11.6 Å². The number of amides is 1. The van der Waals surface area contributed by atoms with Gasteiger partial charge in [0.2, 0.25) is 0 Å². The van der Waals surface area contributed by atoms with Gasteiger partial charge in [-0.15, -0.1) is 0 Å². The molecular weight excluding hydrogens is 350 g/mol. The van der Waals surface area contributed by atoms with E-state index in [1.807, 2.05) is 6.07 Å². The largest absolute Gasteiger partial charge is 0.362 e. The molecule has 0 aliphatic carbocycles. The minimum absolute atomic E-state index is 0.00960. The number of hydrogen-bond acceptors (Lipinski definition) is 3. The number of halogens is 2. The molecule has 2 aliphatic rings. The van der Waals surface area contributed by atoms with Gasteiger partial charge in [-0.05, 0) is 55.3 Å². The van der Waals surface area contributed by atoms with Gasteiger partial charge in [0.05, 0.1) is 12.1 Å². The second-order valence-electron chi connectivity index (χ2n) is 7.38. The second-order valence-corrected chi connectivity index (χ2v) is 7.38. The van der Waals surface area contributed by atoms with Crippen molar-refractivity contribution >= 4 is 11.6 Å². The molecule has 1 atom stereocenters. The van der Waals surface area contributed by atoms with Gasteiger partial charge in [-0.25, -0.2) is 8.78 Å². The first kappa shape index (κ1) is 18.1. The number of morpholine rings is 1. The Hall–Kier alpha value is -2.31. The number of carbonyl (C=O) groups excluding carboxylic acids is 1. The molecule has 4 rings (SSSR count). The highest BCUT2D eigenvalue weighted by atomic mass is 19.1. The van der Waals surface area contributed by atoms with E-state index in [9.17, 15) is 13.6 Å². The summed E-state index contributed by atoms with van der Waals surface area (Å²) in [6.45, 7) is 2.58. The first-order valence-corrected chi connectivity index (χ1v) is 9.20. The number of rotatable bonds is 3. The summed E-state index contributed by atoms with van der Waals surface area (Å²) in [6.07, 6.45) is 1.77. The molecular formula is C21H22F2N2O2. The Balaban J connectivity index is 1.51. The summed E-state index contributed by atoms with van der Waals surface area (Å²) >= 11 is 0. The van der Waals surface area contributed by atoms with E-state index in [2.05, 4.69) is 4.90 Å². The molecule has 1 spiro atoms. The molecule has 0 aromatic heterocycles. The highest BCUT2D eigenvalue weighted by Crippen LogP contribution is 2.32. The van der Waals surface area contributed by atoms with Crippen LogP contribution in [0.2, 0.25) is 0 Å². The topological polar surface area (TPSA) is 32.8 Å². The number of likely N-dealkylation sites (tertiary alicyclic amines) is 1. The molecule has 142 valence electrons. The fourth-order valence-corrected chi connectivity index (χ4v) is 4.06. The van der Waals surface area contributed by atoms with Crippen molar-refractivity contribution in [1.29, 1.82) is 0 Å². The smallest absolute Gasteiger partial charge is 0.253 e. The quantitative estimate of drug-likeness (QED) is 0.828. The van der Waals surface area contributed by atoms with Crippen LogP contribution in [0.3, 0.4) is 0 Å². The Morgan fingerprint density at radius 2 is 1.81 bits per heavy atom. The van der Waals surface area contributed by atoms with Gasteiger partial charge in [0.1, 0.15) is 18.2 Å². The zero-order valence-corrected chi connectivity index (χ0v) is 15.0. The lowest BCUT2D eigenvalue weighted by Gasteiger charge is -2.47. The third kappa shape index (κ3) is 4.01. The lowest BCUT2D eigenvalue weighted by Crippen LogP contribution is -2.61. The fourth-order valence-electron chi connectivity index (χ4n) is 4.06. The maximum absolute atomic E-state index is 13.6. The fraction of sp³-hybridized carbons (Fsp3) is 0.381. The van der Waals surface area contributed by atoms with Crippen LogP contribution in [0.4, 0.5) is 14.5 Å². The van der Waals surface area contributed by atoms with Gasteiger partial charge in [0.25, 0.3) is 5.91 Å². The van der Waals surface area contributed by atoms with E-state index in [-0.39, 0.29) is 24.1 Å². The maximum atomic E-state index is 13.6. The van der Waals surface area contributed by atoms with E-state index >= 15 is 0 Å². The van der Waals surface area contributed by atoms with Crippen LogP contribution in [0.15, 0.2) is 48.5 Å². The standard InChI is InChI=1S/C21H22F2N2O2/c22-17-5-1-4-16(10-17)12-24-9-3-8-21(14-24)15-25(20(26)13-27-21)19-7-2-6-18(23)11-19/h1-2,4-7,10-11H,3,8-9,12-15H2. The van der Waals surface area contributed by atoms with Gasteiger partial charge in [-0.1, -0.05) is 18.2 Å². The lowest BCUT2D eigenvalue weighted by atomic mass is 9.90. The first-order chi connectivity index (χ1) is 13.0. The van der Waals surface area contributed by atoms with Crippen molar-refractivity contribution in [2.24, 2.45) is 0 Å². The minimum Gasteiger partial charge on any atom is -0.362 e. The monoisotopic (exact) mass is 372 g/mol. The molecule has 0 saturated carbocycles. The van der Waals surface area contributed by atoms with Crippen LogP contribution < -0.4 is 4.90 Å². The van der Waals surface area contributed by atoms with E-state index in [0.717, 1.165) is 24.9 Å². The van der Waals surface area contributed by atoms with Crippen LogP contribution in [-0.2, 0) is 16.1 Å². The van der Waals surface area contributed by atoms with Crippen LogP contribution in [-0.4, -0.2) is 42.6 Å². The normalized spacial score (nSPS) is 23.8. The summed E-state index contributed by atoms with van der Waals surface area (Å²) in [5, 5.41) is 0. The first-order valence-electron chi connectivity index (χ1n) is 9.20. The summed E-state index contributed by atoms with van der Waals surface area (Å²) in [5.74, 6) is -0.762. The van der Waals surface area contributed by atoms with Crippen LogP contribution in [0.1, 0.15) is 18.4 Å². The molecule has 6 heteroatoms. The molecule has 1 unspecified atom stereocenters. The number of hydrogen-bond donors (Lipinski definition) is 0. The van der Waals surface area contributed by atoms with Gasteiger partial charge < -0.3 is 9.64 Å². The molecule has 2 heterocycles. The predicted octanol–water partition coefficient (Wildman–Crippen LogP) is 3.36. The molecule has 2 aliphatic heterocycles. The van der Waals surface area contributed by atoms with Crippen molar-refractivity contribution in [3.63, 3.8) is 0 Å². The molecule has 2 saturated heterocycles. The van der Waals surface area contributed by atoms with Crippen LogP contribution in [0.25, 0.3) is 0 Å². The van der Waals surface area contributed by atoms with E-state index in [1.165, 1.54) is 18.2 Å². The zero-order chi connectivity index (χ0) is 18.9. The number of nitrogens with zero attached hydrogens (tertiary/aromatic N) is 2. The van der Waals surface area contributed by atoms with Crippen molar-refractivity contribution < 1.29 is 18.3 Å². The molecule has 0 radical (unpaired) electrons. The molecule has 0 bridgehead atoms. The third-order valence-electron chi connectivity index (χ3n) is 5.28. The van der Waals surface area contributed by atoms with Crippen molar-refractivity contribution in [2.45, 2.75) is 25.0 Å². The number of ether oxygens (including phenoxy) is 1. The zero-order valence-electron chi connectivity index (χ0n) is 15.0. The van der Waals surface area contributed by atoms with Crippen LogP contribution >= 0.6 is 0 Å². The Morgan fingerprint density at radius 3 is 2.59 bits per heavy atom. The molecule has 2 fully saturated rings. The van der Waals surface area contributed by atoms with Crippen molar-refractivity contribution in [1.82, 2.24) is 4.90 Å². The Morgan fingerprint density at radius 1 is 1.04 bits per heavy atom. The summed E-state index contributed by atoms with van der Waals surface area (Å²) in [6, 6.07) is 12.7. The molecule has 4 nitrogen and oxygen atoms in total. The van der Waals surface area contributed by atoms with E-state index in [1.54, 1.807) is 29.2 Å². The number of carbonyl (C=O) groups is 1. The van der Waals surface area contributed by atoms with Crippen LogP contribution in [0.5, 0.6) is 0 Å². The molecule has 0 N–H and O–H groups in total. The third-order valence-corrected chi connectivity index (χ3v) is 5.28. The van der Waals surface area contributed by atoms with E-state index < -0.39 is 5.60 Å². The summed E-state index contributed by atoms with van der Waals surface area (Å²) in [7, 11) is 0. The number of anilines is 1. The molecule has 27 heavy (non-hydrogen) atoms. The highest BCUT2D eigenvalue weighted by Gasteiger charge is 2.43. The number of piperidine rings is 1. The van der Waals surface area contributed by atoms with Crippen molar-refractivity contribution in [3.05, 3.63) is 65.7 Å². The summed E-state index contributed by atoms with van der Waals surface area (Å²) in [4.78, 5) is 16.2. The Kier molecular flexibility index (Phi) is 4.93. The van der Waals surface area contributed by atoms with Gasteiger partial charge in [0.15, 0.2) is 0 Å².